The van der Waals surface area contributed by atoms with Gasteiger partial charge in [-0.3, -0.25) is 4.90 Å². The van der Waals surface area contributed by atoms with Gasteiger partial charge in [0, 0.05) is 32.8 Å². The van der Waals surface area contributed by atoms with Gasteiger partial charge < -0.3 is 9.64 Å². The van der Waals surface area contributed by atoms with E-state index in [4.69, 9.17) is 4.74 Å². The van der Waals surface area contributed by atoms with E-state index in [0.29, 0.717) is 29.6 Å². The van der Waals surface area contributed by atoms with Gasteiger partial charge in [-0.05, 0) is 31.6 Å². The van der Waals surface area contributed by atoms with Gasteiger partial charge in [-0.2, -0.15) is 0 Å². The molecule has 1 heterocycles. The van der Waals surface area contributed by atoms with Crippen molar-refractivity contribution < 1.29 is 9.77 Å². The summed E-state index contributed by atoms with van der Waals surface area (Å²) in [6.07, 6.45) is 1.80. The van der Waals surface area contributed by atoms with E-state index < -0.39 is 5.03 Å². The number of amidine groups is 1. The lowest BCUT2D eigenvalue weighted by molar-refractivity contribution is -0.485. The molecule has 0 aliphatic carbocycles. The Kier molecular flexibility index (Phi) is 8.13. The Morgan fingerprint density at radius 3 is 2.68 bits per heavy atom. The van der Waals surface area contributed by atoms with Crippen molar-refractivity contribution in [1.82, 2.24) is 9.80 Å². The number of ether oxygens (including phenoxy) is 1. The number of likely N-dealkylation sites (N-methyl/N-ethyl adjacent to an activating group) is 2. The zero-order valence-corrected chi connectivity index (χ0v) is 15.0. The standard InChI is InChI=1S/C14H28N4O3S/c1-6-17(8-13-10-21-9-11(13)2)12(3)7-16(4)14(22-5)15-18(19)20/h11-13H,6-10H2,1-5H3. The molecule has 0 saturated carbocycles. The van der Waals surface area contributed by atoms with E-state index in [-0.39, 0.29) is 0 Å². The molecule has 1 saturated heterocycles. The highest BCUT2D eigenvalue weighted by molar-refractivity contribution is 8.13. The summed E-state index contributed by atoms with van der Waals surface area (Å²) in [5, 5.41) is 13.8. The Hall–Kier alpha value is -0.860. The molecule has 1 fully saturated rings. The van der Waals surface area contributed by atoms with Crippen LogP contribution in [-0.2, 0) is 4.74 Å². The molecule has 0 N–H and O–H groups in total. The van der Waals surface area contributed by atoms with Crippen LogP contribution in [-0.4, -0.2) is 72.2 Å². The van der Waals surface area contributed by atoms with Gasteiger partial charge in [0.2, 0.25) is 5.17 Å². The molecular formula is C14H28N4O3S. The number of hydrazone groups is 1. The molecule has 1 aliphatic heterocycles. The van der Waals surface area contributed by atoms with E-state index in [9.17, 15) is 10.1 Å². The first-order valence-corrected chi connectivity index (χ1v) is 8.91. The third-order valence-electron chi connectivity index (χ3n) is 4.23. The Morgan fingerprint density at radius 1 is 1.55 bits per heavy atom. The first-order valence-electron chi connectivity index (χ1n) is 7.68. The third kappa shape index (κ3) is 5.73. The topological polar surface area (TPSA) is 71.2 Å². The van der Waals surface area contributed by atoms with E-state index in [1.54, 1.807) is 6.26 Å². The lowest BCUT2D eigenvalue weighted by Gasteiger charge is -2.33. The molecule has 0 bridgehead atoms. The Morgan fingerprint density at radius 2 is 2.23 bits per heavy atom. The van der Waals surface area contributed by atoms with Crippen LogP contribution in [0.4, 0.5) is 0 Å². The van der Waals surface area contributed by atoms with Crippen molar-refractivity contribution in [3.63, 3.8) is 0 Å². The van der Waals surface area contributed by atoms with Crippen LogP contribution in [0, 0.1) is 22.0 Å². The van der Waals surface area contributed by atoms with Gasteiger partial charge in [-0.1, -0.05) is 25.6 Å². The quantitative estimate of drug-likeness (QED) is 0.306. The maximum absolute atomic E-state index is 10.6. The first-order chi connectivity index (χ1) is 10.4. The van der Waals surface area contributed by atoms with Gasteiger partial charge in [0.15, 0.2) is 5.03 Å². The highest BCUT2D eigenvalue weighted by Gasteiger charge is 2.28. The summed E-state index contributed by atoms with van der Waals surface area (Å²) in [6, 6.07) is 0.298. The molecule has 8 heteroatoms. The molecule has 0 spiro atoms. The molecule has 0 aromatic heterocycles. The fourth-order valence-corrected chi connectivity index (χ4v) is 3.33. The molecule has 0 aromatic carbocycles. The van der Waals surface area contributed by atoms with Crippen LogP contribution in [0.1, 0.15) is 20.8 Å². The van der Waals surface area contributed by atoms with Crippen molar-refractivity contribution in [2.75, 3.05) is 46.2 Å². The van der Waals surface area contributed by atoms with Crippen molar-refractivity contribution in [3.05, 3.63) is 10.1 Å². The van der Waals surface area contributed by atoms with Gasteiger partial charge in [-0.25, -0.2) is 10.1 Å². The summed E-state index contributed by atoms with van der Waals surface area (Å²) >= 11 is 1.30. The normalized spacial score (nSPS) is 23.8. The van der Waals surface area contributed by atoms with E-state index in [1.807, 2.05) is 11.9 Å². The Labute approximate surface area is 137 Å². The van der Waals surface area contributed by atoms with Crippen LogP contribution in [0.3, 0.4) is 0 Å². The van der Waals surface area contributed by atoms with Crippen LogP contribution >= 0.6 is 11.8 Å². The number of thioether (sulfide) groups is 1. The Bertz CT molecular complexity index is 394. The summed E-state index contributed by atoms with van der Waals surface area (Å²) in [7, 11) is 1.85. The summed E-state index contributed by atoms with van der Waals surface area (Å²) < 4.78 is 5.54. The second-order valence-electron chi connectivity index (χ2n) is 5.92. The molecule has 22 heavy (non-hydrogen) atoms. The number of rotatable bonds is 7. The SMILES string of the molecule is CCN(CC1COCC1C)C(C)CN(C)C(=N[N+](=O)[O-])SC. The molecule has 3 atom stereocenters. The van der Waals surface area contributed by atoms with Crippen LogP contribution in [0.2, 0.25) is 0 Å². The first kappa shape index (κ1) is 19.2. The number of nitro groups is 1. The minimum atomic E-state index is -0.637. The van der Waals surface area contributed by atoms with E-state index in [1.165, 1.54) is 11.8 Å². The predicted molar refractivity (Wildman–Crippen MR) is 90.8 cm³/mol. The predicted octanol–water partition coefficient (Wildman–Crippen LogP) is 1.82. The second kappa shape index (κ2) is 9.32. The average molecular weight is 332 g/mol. The molecule has 3 unspecified atom stereocenters. The molecule has 1 aliphatic rings. The summed E-state index contributed by atoms with van der Waals surface area (Å²) in [5.41, 5.74) is 0. The average Bonchev–Trinajstić information content (AvgIpc) is 2.86. The van der Waals surface area contributed by atoms with E-state index in [2.05, 4.69) is 30.8 Å². The molecule has 0 amide bonds. The lowest BCUT2D eigenvalue weighted by atomic mass is 9.97. The third-order valence-corrected chi connectivity index (χ3v) is 4.99. The van der Waals surface area contributed by atoms with Crippen molar-refractivity contribution in [2.24, 2.45) is 16.9 Å². The van der Waals surface area contributed by atoms with Gasteiger partial charge in [0.05, 0.1) is 11.7 Å². The number of nitrogens with zero attached hydrogens (tertiary/aromatic N) is 4. The molecule has 7 nitrogen and oxygen atoms in total. The maximum atomic E-state index is 10.6. The zero-order valence-electron chi connectivity index (χ0n) is 14.2. The van der Waals surface area contributed by atoms with Crippen molar-refractivity contribution >= 4 is 16.9 Å². The van der Waals surface area contributed by atoms with Crippen LogP contribution in [0.15, 0.2) is 5.10 Å². The van der Waals surface area contributed by atoms with E-state index >= 15 is 0 Å². The van der Waals surface area contributed by atoms with Crippen LogP contribution < -0.4 is 0 Å². The molecular weight excluding hydrogens is 304 g/mol. The highest BCUT2D eigenvalue weighted by atomic mass is 32.2. The van der Waals surface area contributed by atoms with Crippen LogP contribution in [0.25, 0.3) is 0 Å². The van der Waals surface area contributed by atoms with Gasteiger partial charge in [0.25, 0.3) is 0 Å². The summed E-state index contributed by atoms with van der Waals surface area (Å²) in [6.45, 7) is 10.9. The second-order valence-corrected chi connectivity index (χ2v) is 6.69. The summed E-state index contributed by atoms with van der Waals surface area (Å²) in [4.78, 5) is 14.8. The van der Waals surface area contributed by atoms with Gasteiger partial charge in [-0.15, -0.1) is 0 Å². The van der Waals surface area contributed by atoms with Crippen molar-refractivity contribution in [1.29, 1.82) is 0 Å². The largest absolute Gasteiger partial charge is 0.381 e. The molecule has 1 rings (SSSR count). The minimum absolute atomic E-state index is 0.298. The van der Waals surface area contributed by atoms with E-state index in [0.717, 1.165) is 26.3 Å². The fraction of sp³-hybridized carbons (Fsp3) is 0.929. The molecule has 0 aromatic rings. The summed E-state index contributed by atoms with van der Waals surface area (Å²) in [5.74, 6) is 1.16. The zero-order chi connectivity index (χ0) is 16.7. The van der Waals surface area contributed by atoms with Gasteiger partial charge in [0.1, 0.15) is 0 Å². The molecule has 0 radical (unpaired) electrons. The van der Waals surface area contributed by atoms with Crippen molar-refractivity contribution in [3.8, 4) is 0 Å². The number of hydrogen-bond donors (Lipinski definition) is 0. The highest BCUT2D eigenvalue weighted by Crippen LogP contribution is 2.22. The lowest BCUT2D eigenvalue weighted by Crippen LogP contribution is -2.45. The number of hydrogen-bond acceptors (Lipinski definition) is 5. The minimum Gasteiger partial charge on any atom is -0.381 e. The Balaban J connectivity index is 2.59. The van der Waals surface area contributed by atoms with Crippen molar-refractivity contribution in [2.45, 2.75) is 26.8 Å². The van der Waals surface area contributed by atoms with Gasteiger partial charge >= 0.3 is 0 Å². The monoisotopic (exact) mass is 332 g/mol. The molecule has 128 valence electrons. The maximum Gasteiger partial charge on any atom is 0.237 e. The smallest absolute Gasteiger partial charge is 0.237 e. The van der Waals surface area contributed by atoms with Crippen LogP contribution in [0.5, 0.6) is 0 Å². The fourth-order valence-electron chi connectivity index (χ4n) is 2.79.